The Morgan fingerprint density at radius 2 is 1.70 bits per heavy atom. The lowest BCUT2D eigenvalue weighted by Crippen LogP contribution is -2.52. The van der Waals surface area contributed by atoms with Gasteiger partial charge in [-0.2, -0.15) is 4.90 Å². The van der Waals surface area contributed by atoms with Crippen LogP contribution < -0.4 is 10.6 Å². The lowest BCUT2D eigenvalue weighted by molar-refractivity contribution is -0.470. The third-order valence-electron chi connectivity index (χ3n) is 4.13. The van der Waals surface area contributed by atoms with Crippen LogP contribution in [0.4, 0.5) is 5.69 Å². The maximum atomic E-state index is 6.46. The SMILES string of the molecule is CN(C)C(N(C(N)=NC1CCCCC1)c1ccccc1)=[N+](C)C. The van der Waals surface area contributed by atoms with Gasteiger partial charge in [-0.15, -0.1) is 0 Å². The van der Waals surface area contributed by atoms with Gasteiger partial charge in [0.2, 0.25) is 0 Å². The van der Waals surface area contributed by atoms with Crippen molar-refractivity contribution in [3.8, 4) is 0 Å². The van der Waals surface area contributed by atoms with Crippen molar-refractivity contribution >= 4 is 17.6 Å². The zero-order valence-electron chi connectivity index (χ0n) is 14.9. The van der Waals surface area contributed by atoms with Crippen LogP contribution in [0.15, 0.2) is 35.3 Å². The van der Waals surface area contributed by atoms with E-state index < -0.39 is 0 Å². The van der Waals surface area contributed by atoms with Gasteiger partial charge in [0.25, 0.3) is 5.96 Å². The minimum absolute atomic E-state index is 0.348. The first-order valence-corrected chi connectivity index (χ1v) is 8.40. The third-order valence-corrected chi connectivity index (χ3v) is 4.13. The number of hydrogen-bond acceptors (Lipinski definition) is 1. The fraction of sp³-hybridized carbons (Fsp3) is 0.556. The van der Waals surface area contributed by atoms with Crippen LogP contribution in [0.3, 0.4) is 0 Å². The van der Waals surface area contributed by atoms with E-state index in [2.05, 4.69) is 21.6 Å². The van der Waals surface area contributed by atoms with Gasteiger partial charge in [0, 0.05) is 0 Å². The van der Waals surface area contributed by atoms with Crippen molar-refractivity contribution in [2.45, 2.75) is 38.1 Å². The summed E-state index contributed by atoms with van der Waals surface area (Å²) < 4.78 is 2.07. The summed E-state index contributed by atoms with van der Waals surface area (Å²) in [6.45, 7) is 0. The minimum atomic E-state index is 0.348. The van der Waals surface area contributed by atoms with Gasteiger partial charge in [0.1, 0.15) is 5.69 Å². The van der Waals surface area contributed by atoms with Gasteiger partial charge >= 0.3 is 5.96 Å². The van der Waals surface area contributed by atoms with Gasteiger partial charge in [0.05, 0.1) is 34.2 Å². The lowest BCUT2D eigenvalue weighted by atomic mass is 9.96. The van der Waals surface area contributed by atoms with E-state index in [1.165, 1.54) is 19.3 Å². The second kappa shape index (κ2) is 7.99. The van der Waals surface area contributed by atoms with Crippen molar-refractivity contribution in [2.24, 2.45) is 10.7 Å². The second-order valence-corrected chi connectivity index (χ2v) is 6.54. The molecule has 0 aliphatic heterocycles. The molecule has 0 amide bonds. The molecule has 5 nitrogen and oxygen atoms in total. The summed E-state index contributed by atoms with van der Waals surface area (Å²) in [5, 5.41) is 0. The molecule has 5 heteroatoms. The number of para-hydroxylation sites is 1. The summed E-state index contributed by atoms with van der Waals surface area (Å²) in [6, 6.07) is 10.5. The molecule has 0 aromatic heterocycles. The molecule has 0 unspecified atom stereocenters. The molecule has 1 aromatic carbocycles. The summed E-state index contributed by atoms with van der Waals surface area (Å²) in [7, 11) is 8.11. The highest BCUT2D eigenvalue weighted by Gasteiger charge is 2.29. The molecule has 1 aliphatic rings. The molecule has 23 heavy (non-hydrogen) atoms. The summed E-state index contributed by atoms with van der Waals surface area (Å²) in [6.07, 6.45) is 6.11. The van der Waals surface area contributed by atoms with Gasteiger partial charge in [-0.3, -0.25) is 9.48 Å². The molecule has 0 heterocycles. The van der Waals surface area contributed by atoms with Crippen LogP contribution in [0.5, 0.6) is 0 Å². The summed E-state index contributed by atoms with van der Waals surface area (Å²) in [4.78, 5) is 8.95. The number of aliphatic imine (C=N–C) groups is 1. The van der Waals surface area contributed by atoms with Gasteiger partial charge in [0.15, 0.2) is 0 Å². The van der Waals surface area contributed by atoms with Crippen molar-refractivity contribution in [1.82, 2.24) is 4.90 Å². The van der Waals surface area contributed by atoms with Crippen LogP contribution in [0.1, 0.15) is 32.1 Å². The van der Waals surface area contributed by atoms with Crippen LogP contribution in [-0.2, 0) is 0 Å². The first-order valence-electron chi connectivity index (χ1n) is 8.40. The number of guanidine groups is 2. The highest BCUT2D eigenvalue weighted by Crippen LogP contribution is 2.21. The Morgan fingerprint density at radius 1 is 1.09 bits per heavy atom. The maximum Gasteiger partial charge on any atom is 0.362 e. The van der Waals surface area contributed by atoms with E-state index in [0.717, 1.165) is 24.5 Å². The topological polar surface area (TPSA) is 47.9 Å². The van der Waals surface area contributed by atoms with Gasteiger partial charge in [-0.05, 0) is 25.0 Å². The molecular weight excluding hydrogens is 286 g/mol. The van der Waals surface area contributed by atoms with E-state index >= 15 is 0 Å². The minimum Gasteiger partial charge on any atom is -0.356 e. The number of benzene rings is 1. The molecule has 1 saturated carbocycles. The quantitative estimate of drug-likeness (QED) is 0.517. The average Bonchev–Trinajstić information content (AvgIpc) is 2.53. The standard InChI is InChI=1S/C18H30N5/c1-21(2)18(22(3)4)23(16-13-9-6-10-14-16)17(19)20-15-11-7-5-8-12-15/h6,9-10,13-15H,5,7-8,11-12H2,1-4H3,(H2,19,20)/q+1. The van der Waals surface area contributed by atoms with Crippen molar-refractivity contribution in [1.29, 1.82) is 0 Å². The Hall–Kier alpha value is -2.04. The molecule has 1 fully saturated rings. The van der Waals surface area contributed by atoms with E-state index in [9.17, 15) is 0 Å². The predicted octanol–water partition coefficient (Wildman–Crippen LogP) is 2.33. The van der Waals surface area contributed by atoms with E-state index in [1.54, 1.807) is 0 Å². The van der Waals surface area contributed by atoms with Crippen molar-refractivity contribution < 1.29 is 4.58 Å². The molecule has 0 spiro atoms. The van der Waals surface area contributed by atoms with Crippen molar-refractivity contribution in [3.05, 3.63) is 30.3 Å². The van der Waals surface area contributed by atoms with Crippen LogP contribution in [-0.4, -0.2) is 55.6 Å². The number of nitrogens with two attached hydrogens (primary N) is 1. The number of rotatable bonds is 2. The highest BCUT2D eigenvalue weighted by atomic mass is 15.4. The second-order valence-electron chi connectivity index (χ2n) is 6.54. The molecule has 1 aromatic rings. The highest BCUT2D eigenvalue weighted by molar-refractivity contribution is 6.15. The average molecular weight is 316 g/mol. The predicted molar refractivity (Wildman–Crippen MR) is 98.2 cm³/mol. The molecule has 0 bridgehead atoms. The first-order chi connectivity index (χ1) is 11.0. The smallest absolute Gasteiger partial charge is 0.356 e. The van der Waals surface area contributed by atoms with Crippen LogP contribution in [0, 0.1) is 0 Å². The monoisotopic (exact) mass is 316 g/mol. The molecule has 0 radical (unpaired) electrons. The number of hydrogen-bond donors (Lipinski definition) is 1. The van der Waals surface area contributed by atoms with E-state index in [-0.39, 0.29) is 0 Å². The largest absolute Gasteiger partial charge is 0.362 e. The zero-order chi connectivity index (χ0) is 16.8. The normalized spacial score (nSPS) is 16.1. The Kier molecular flexibility index (Phi) is 6.02. The van der Waals surface area contributed by atoms with Gasteiger partial charge in [-0.25, -0.2) is 4.99 Å². The van der Waals surface area contributed by atoms with Crippen LogP contribution in [0.2, 0.25) is 0 Å². The maximum absolute atomic E-state index is 6.46. The number of anilines is 1. The van der Waals surface area contributed by atoms with Crippen LogP contribution >= 0.6 is 0 Å². The molecule has 126 valence electrons. The Labute approximate surface area is 140 Å². The van der Waals surface area contributed by atoms with Crippen LogP contribution in [0.25, 0.3) is 0 Å². The van der Waals surface area contributed by atoms with Gasteiger partial charge in [-0.1, -0.05) is 37.5 Å². The molecule has 0 atom stereocenters. The molecule has 0 saturated heterocycles. The van der Waals surface area contributed by atoms with E-state index in [0.29, 0.717) is 12.0 Å². The molecule has 2 rings (SSSR count). The summed E-state index contributed by atoms with van der Waals surface area (Å²) >= 11 is 0. The fourth-order valence-corrected chi connectivity index (χ4v) is 3.18. The lowest BCUT2D eigenvalue weighted by Gasteiger charge is -2.25. The van der Waals surface area contributed by atoms with Gasteiger partial charge < -0.3 is 5.73 Å². The molecular formula is C18H30N5+. The number of nitrogens with zero attached hydrogens (tertiary/aromatic N) is 4. The van der Waals surface area contributed by atoms with E-state index in [1.807, 2.05) is 51.3 Å². The molecule has 2 N–H and O–H groups in total. The third kappa shape index (κ3) is 4.47. The molecule has 1 aliphatic carbocycles. The summed E-state index contributed by atoms with van der Waals surface area (Å²) in [5.74, 6) is 1.56. The fourth-order valence-electron chi connectivity index (χ4n) is 3.18. The Morgan fingerprint density at radius 3 is 2.22 bits per heavy atom. The van der Waals surface area contributed by atoms with E-state index in [4.69, 9.17) is 10.7 Å². The Bertz CT molecular complexity index is 552. The first kappa shape index (κ1) is 17.3. The zero-order valence-corrected chi connectivity index (χ0v) is 14.9. The summed E-state index contributed by atoms with van der Waals surface area (Å²) in [5.41, 5.74) is 7.49. The Balaban J connectivity index is 2.41. The van der Waals surface area contributed by atoms with Crippen molar-refractivity contribution in [2.75, 3.05) is 33.1 Å². The van der Waals surface area contributed by atoms with Crippen molar-refractivity contribution in [3.63, 3.8) is 0 Å².